The third-order valence-corrected chi connectivity index (χ3v) is 2.93. The minimum atomic E-state index is 0.483. The summed E-state index contributed by atoms with van der Waals surface area (Å²) >= 11 is 2.31. The molecule has 0 aliphatic heterocycles. The maximum atomic E-state index is 5.67. The van der Waals surface area contributed by atoms with Crippen LogP contribution < -0.4 is 10.1 Å². The molecule has 0 amide bonds. The molecule has 0 heterocycles. The van der Waals surface area contributed by atoms with Crippen LogP contribution in [0.3, 0.4) is 0 Å². The van der Waals surface area contributed by atoms with Crippen LogP contribution in [0.5, 0.6) is 5.75 Å². The molecule has 13 heavy (non-hydrogen) atoms. The Morgan fingerprint density at radius 1 is 1.46 bits per heavy atom. The summed E-state index contributed by atoms with van der Waals surface area (Å²) in [4.78, 5) is 0. The van der Waals surface area contributed by atoms with Gasteiger partial charge in [0.25, 0.3) is 0 Å². The van der Waals surface area contributed by atoms with Crippen molar-refractivity contribution in [1.82, 2.24) is 0 Å². The van der Waals surface area contributed by atoms with E-state index >= 15 is 0 Å². The molecule has 0 aromatic heterocycles. The molecule has 1 aliphatic carbocycles. The lowest BCUT2D eigenvalue weighted by Crippen LogP contribution is -1.97. The SMILES string of the molecule is CNc1ccc(OC2CC2)cc1I. The molecule has 1 fully saturated rings. The van der Waals surface area contributed by atoms with E-state index in [1.165, 1.54) is 16.4 Å². The van der Waals surface area contributed by atoms with Crippen LogP contribution in [-0.2, 0) is 0 Å². The van der Waals surface area contributed by atoms with E-state index in [1.54, 1.807) is 0 Å². The van der Waals surface area contributed by atoms with Gasteiger partial charge in [0.15, 0.2) is 0 Å². The van der Waals surface area contributed by atoms with Crippen molar-refractivity contribution in [1.29, 1.82) is 0 Å². The molecular formula is C10H12INO. The summed E-state index contributed by atoms with van der Waals surface area (Å²) in [6.07, 6.45) is 2.91. The van der Waals surface area contributed by atoms with Gasteiger partial charge in [0.2, 0.25) is 0 Å². The zero-order valence-corrected chi connectivity index (χ0v) is 9.67. The van der Waals surface area contributed by atoms with E-state index in [-0.39, 0.29) is 0 Å². The standard InChI is InChI=1S/C10H12INO/c1-12-10-5-4-8(6-9(10)11)13-7-2-3-7/h4-7,12H,2-3H2,1H3. The summed E-state index contributed by atoms with van der Waals surface area (Å²) in [5, 5.41) is 3.13. The van der Waals surface area contributed by atoms with Crippen molar-refractivity contribution < 1.29 is 4.74 Å². The minimum absolute atomic E-state index is 0.483. The monoisotopic (exact) mass is 289 g/mol. The lowest BCUT2D eigenvalue weighted by Gasteiger charge is -2.07. The zero-order chi connectivity index (χ0) is 9.26. The van der Waals surface area contributed by atoms with Gasteiger partial charge in [-0.2, -0.15) is 0 Å². The lowest BCUT2D eigenvalue weighted by molar-refractivity contribution is 0.303. The molecular weight excluding hydrogens is 277 g/mol. The Bertz CT molecular complexity index is 310. The van der Waals surface area contributed by atoms with Crippen molar-refractivity contribution in [2.24, 2.45) is 0 Å². The number of ether oxygens (including phenoxy) is 1. The molecule has 2 nitrogen and oxygen atoms in total. The van der Waals surface area contributed by atoms with Gasteiger partial charge in [-0.3, -0.25) is 0 Å². The van der Waals surface area contributed by atoms with Crippen LogP contribution in [0.25, 0.3) is 0 Å². The third-order valence-electron chi connectivity index (χ3n) is 2.04. The van der Waals surface area contributed by atoms with Crippen LogP contribution in [0.2, 0.25) is 0 Å². The predicted octanol–water partition coefficient (Wildman–Crippen LogP) is 2.87. The van der Waals surface area contributed by atoms with E-state index in [4.69, 9.17) is 4.74 Å². The second-order valence-corrected chi connectivity index (χ2v) is 4.37. The molecule has 2 rings (SSSR count). The smallest absolute Gasteiger partial charge is 0.120 e. The maximum absolute atomic E-state index is 5.67. The first kappa shape index (κ1) is 9.12. The molecule has 1 N–H and O–H groups in total. The fourth-order valence-corrected chi connectivity index (χ4v) is 1.91. The van der Waals surface area contributed by atoms with Gasteiger partial charge in [0.05, 0.1) is 6.10 Å². The number of halogens is 1. The van der Waals surface area contributed by atoms with Crippen LogP contribution in [-0.4, -0.2) is 13.2 Å². The highest BCUT2D eigenvalue weighted by Gasteiger charge is 2.23. The van der Waals surface area contributed by atoms with E-state index < -0.39 is 0 Å². The van der Waals surface area contributed by atoms with Crippen LogP contribution in [0.4, 0.5) is 5.69 Å². The van der Waals surface area contributed by atoms with Gasteiger partial charge >= 0.3 is 0 Å². The van der Waals surface area contributed by atoms with Crippen molar-refractivity contribution in [3.8, 4) is 5.75 Å². The van der Waals surface area contributed by atoms with Crippen molar-refractivity contribution in [2.75, 3.05) is 12.4 Å². The summed E-state index contributed by atoms with van der Waals surface area (Å²) in [6.45, 7) is 0. The van der Waals surface area contributed by atoms with Crippen LogP contribution in [0.15, 0.2) is 18.2 Å². The molecule has 1 saturated carbocycles. The van der Waals surface area contributed by atoms with E-state index in [2.05, 4.69) is 40.0 Å². The second-order valence-electron chi connectivity index (χ2n) is 3.21. The van der Waals surface area contributed by atoms with Crippen molar-refractivity contribution >= 4 is 28.3 Å². The van der Waals surface area contributed by atoms with E-state index in [1.807, 2.05) is 13.1 Å². The van der Waals surface area contributed by atoms with Gasteiger partial charge < -0.3 is 10.1 Å². The van der Waals surface area contributed by atoms with Gasteiger partial charge in [-0.1, -0.05) is 0 Å². The molecule has 0 saturated heterocycles. The Balaban J connectivity index is 2.13. The Hall–Kier alpha value is -0.450. The first-order valence-electron chi connectivity index (χ1n) is 4.43. The number of benzene rings is 1. The van der Waals surface area contributed by atoms with Gasteiger partial charge in [-0.05, 0) is 53.6 Å². The summed E-state index contributed by atoms with van der Waals surface area (Å²) in [5.41, 5.74) is 1.16. The molecule has 0 bridgehead atoms. The first-order valence-corrected chi connectivity index (χ1v) is 5.51. The second kappa shape index (κ2) is 3.74. The maximum Gasteiger partial charge on any atom is 0.120 e. The highest BCUT2D eigenvalue weighted by molar-refractivity contribution is 14.1. The first-order chi connectivity index (χ1) is 6.29. The Morgan fingerprint density at radius 3 is 2.77 bits per heavy atom. The van der Waals surface area contributed by atoms with Crippen molar-refractivity contribution in [3.05, 3.63) is 21.8 Å². The van der Waals surface area contributed by atoms with Crippen LogP contribution in [0.1, 0.15) is 12.8 Å². The van der Waals surface area contributed by atoms with Crippen molar-refractivity contribution in [3.63, 3.8) is 0 Å². The normalized spacial score (nSPS) is 15.5. The summed E-state index contributed by atoms with van der Waals surface area (Å²) in [5.74, 6) is 0.992. The molecule has 1 aromatic rings. The van der Waals surface area contributed by atoms with Crippen molar-refractivity contribution in [2.45, 2.75) is 18.9 Å². The summed E-state index contributed by atoms with van der Waals surface area (Å²) in [7, 11) is 1.93. The number of rotatable bonds is 3. The van der Waals surface area contributed by atoms with Crippen LogP contribution >= 0.6 is 22.6 Å². The number of hydrogen-bond acceptors (Lipinski definition) is 2. The van der Waals surface area contributed by atoms with Gasteiger partial charge in [-0.25, -0.2) is 0 Å². The Kier molecular flexibility index (Phi) is 2.62. The molecule has 0 atom stereocenters. The minimum Gasteiger partial charge on any atom is -0.490 e. The summed E-state index contributed by atoms with van der Waals surface area (Å²) in [6, 6.07) is 6.15. The molecule has 0 radical (unpaired) electrons. The average molecular weight is 289 g/mol. The Morgan fingerprint density at radius 2 is 2.23 bits per heavy atom. The molecule has 0 spiro atoms. The molecule has 70 valence electrons. The largest absolute Gasteiger partial charge is 0.490 e. The van der Waals surface area contributed by atoms with Gasteiger partial charge in [-0.15, -0.1) is 0 Å². The zero-order valence-electron chi connectivity index (χ0n) is 7.51. The third kappa shape index (κ3) is 2.27. The fourth-order valence-electron chi connectivity index (χ4n) is 1.15. The summed E-state index contributed by atoms with van der Waals surface area (Å²) < 4.78 is 6.88. The average Bonchev–Trinajstić information content (AvgIpc) is 2.89. The van der Waals surface area contributed by atoms with Gasteiger partial charge in [0.1, 0.15) is 5.75 Å². The van der Waals surface area contributed by atoms with E-state index in [0.29, 0.717) is 6.10 Å². The quantitative estimate of drug-likeness (QED) is 0.864. The lowest BCUT2D eigenvalue weighted by atomic mass is 10.3. The Labute approximate surface area is 91.8 Å². The highest BCUT2D eigenvalue weighted by Crippen LogP contribution is 2.29. The van der Waals surface area contributed by atoms with Gasteiger partial charge in [0, 0.05) is 16.3 Å². The number of nitrogens with one attached hydrogen (secondary N) is 1. The molecule has 3 heteroatoms. The molecule has 1 aromatic carbocycles. The van der Waals surface area contributed by atoms with E-state index in [0.717, 1.165) is 11.4 Å². The van der Waals surface area contributed by atoms with Crippen LogP contribution in [0, 0.1) is 3.57 Å². The fraction of sp³-hybridized carbons (Fsp3) is 0.400. The highest BCUT2D eigenvalue weighted by atomic mass is 127. The topological polar surface area (TPSA) is 21.3 Å². The van der Waals surface area contributed by atoms with E-state index in [9.17, 15) is 0 Å². The molecule has 0 unspecified atom stereocenters. The number of anilines is 1. The number of hydrogen-bond donors (Lipinski definition) is 1. The molecule has 1 aliphatic rings. The predicted molar refractivity (Wildman–Crippen MR) is 62.4 cm³/mol.